The summed E-state index contributed by atoms with van der Waals surface area (Å²) in [6, 6.07) is 6.84. The number of benzene rings is 1. The Morgan fingerprint density at radius 3 is 2.81 bits per heavy atom. The van der Waals surface area contributed by atoms with E-state index in [0.717, 1.165) is 38.0 Å². The SMILES string of the molecule is CNCCCN(C)CCc1cccc(F)c1. The van der Waals surface area contributed by atoms with Crippen LogP contribution in [0.3, 0.4) is 0 Å². The number of halogens is 1. The van der Waals surface area contributed by atoms with Gasteiger partial charge in [0, 0.05) is 6.54 Å². The number of nitrogens with zero attached hydrogens (tertiary/aromatic N) is 1. The van der Waals surface area contributed by atoms with Gasteiger partial charge >= 0.3 is 0 Å². The van der Waals surface area contributed by atoms with Crippen molar-refractivity contribution in [1.29, 1.82) is 0 Å². The molecule has 0 saturated heterocycles. The van der Waals surface area contributed by atoms with Crippen molar-refractivity contribution in [1.82, 2.24) is 10.2 Å². The Bertz CT molecular complexity index is 302. The van der Waals surface area contributed by atoms with E-state index in [1.54, 1.807) is 12.1 Å². The average molecular weight is 224 g/mol. The molecule has 3 heteroatoms. The fraction of sp³-hybridized carbons (Fsp3) is 0.538. The maximum Gasteiger partial charge on any atom is 0.123 e. The summed E-state index contributed by atoms with van der Waals surface area (Å²) in [4.78, 5) is 2.28. The molecular weight excluding hydrogens is 203 g/mol. The fourth-order valence-corrected chi connectivity index (χ4v) is 1.65. The predicted molar refractivity (Wildman–Crippen MR) is 66.1 cm³/mol. The summed E-state index contributed by atoms with van der Waals surface area (Å²) in [6.45, 7) is 3.10. The smallest absolute Gasteiger partial charge is 0.123 e. The van der Waals surface area contributed by atoms with Crippen molar-refractivity contribution >= 4 is 0 Å². The number of likely N-dealkylation sites (N-methyl/N-ethyl adjacent to an activating group) is 1. The summed E-state index contributed by atoms with van der Waals surface area (Å²) < 4.78 is 12.9. The Morgan fingerprint density at radius 1 is 1.31 bits per heavy atom. The van der Waals surface area contributed by atoms with Gasteiger partial charge in [-0.1, -0.05) is 12.1 Å². The van der Waals surface area contributed by atoms with Crippen LogP contribution in [0.5, 0.6) is 0 Å². The first-order valence-electron chi connectivity index (χ1n) is 5.80. The van der Waals surface area contributed by atoms with Gasteiger partial charge in [-0.05, 0) is 57.7 Å². The third-order valence-electron chi connectivity index (χ3n) is 2.64. The van der Waals surface area contributed by atoms with E-state index in [9.17, 15) is 4.39 Å². The van der Waals surface area contributed by atoms with Crippen LogP contribution in [0.4, 0.5) is 4.39 Å². The maximum atomic E-state index is 12.9. The van der Waals surface area contributed by atoms with Gasteiger partial charge in [0.15, 0.2) is 0 Å². The lowest BCUT2D eigenvalue weighted by atomic mass is 10.1. The van der Waals surface area contributed by atoms with Crippen LogP contribution in [-0.4, -0.2) is 38.6 Å². The van der Waals surface area contributed by atoms with Gasteiger partial charge in [0.05, 0.1) is 0 Å². The second-order valence-corrected chi connectivity index (χ2v) is 4.14. The molecular formula is C13H21FN2. The van der Waals surface area contributed by atoms with E-state index in [0.29, 0.717) is 0 Å². The molecule has 0 unspecified atom stereocenters. The number of rotatable bonds is 7. The van der Waals surface area contributed by atoms with Crippen molar-refractivity contribution in [2.75, 3.05) is 33.7 Å². The standard InChI is InChI=1S/C13H21FN2/c1-15-8-4-9-16(2)10-7-12-5-3-6-13(14)11-12/h3,5-6,11,15H,4,7-10H2,1-2H3. The summed E-state index contributed by atoms with van der Waals surface area (Å²) in [5.74, 6) is -0.143. The van der Waals surface area contributed by atoms with Gasteiger partial charge in [-0.15, -0.1) is 0 Å². The highest BCUT2D eigenvalue weighted by Gasteiger charge is 2.00. The van der Waals surface area contributed by atoms with Crippen LogP contribution >= 0.6 is 0 Å². The monoisotopic (exact) mass is 224 g/mol. The Labute approximate surface area is 97.5 Å². The molecule has 0 bridgehead atoms. The molecule has 0 amide bonds. The van der Waals surface area contributed by atoms with Crippen molar-refractivity contribution in [3.8, 4) is 0 Å². The summed E-state index contributed by atoms with van der Waals surface area (Å²) in [5, 5.41) is 3.13. The van der Waals surface area contributed by atoms with Crippen molar-refractivity contribution in [2.45, 2.75) is 12.8 Å². The minimum atomic E-state index is -0.143. The lowest BCUT2D eigenvalue weighted by molar-refractivity contribution is 0.332. The molecule has 0 aromatic heterocycles. The normalized spacial score (nSPS) is 11.0. The summed E-state index contributed by atoms with van der Waals surface area (Å²) in [7, 11) is 4.07. The molecule has 1 N–H and O–H groups in total. The molecule has 0 aliphatic rings. The van der Waals surface area contributed by atoms with Gasteiger partial charge in [0.1, 0.15) is 5.82 Å². The van der Waals surface area contributed by atoms with Crippen LogP contribution in [0.25, 0.3) is 0 Å². The molecule has 0 atom stereocenters. The van der Waals surface area contributed by atoms with E-state index in [-0.39, 0.29) is 5.82 Å². The summed E-state index contributed by atoms with van der Waals surface area (Å²) in [5.41, 5.74) is 1.07. The largest absolute Gasteiger partial charge is 0.320 e. The first-order valence-corrected chi connectivity index (χ1v) is 5.80. The minimum absolute atomic E-state index is 0.143. The number of nitrogens with one attached hydrogen (secondary N) is 1. The van der Waals surface area contributed by atoms with Crippen LogP contribution in [0.1, 0.15) is 12.0 Å². The minimum Gasteiger partial charge on any atom is -0.320 e. The molecule has 0 fully saturated rings. The van der Waals surface area contributed by atoms with Gasteiger partial charge in [0.2, 0.25) is 0 Å². The highest BCUT2D eigenvalue weighted by molar-refractivity contribution is 5.16. The molecule has 16 heavy (non-hydrogen) atoms. The molecule has 90 valence electrons. The van der Waals surface area contributed by atoms with Crippen LogP contribution in [-0.2, 0) is 6.42 Å². The van der Waals surface area contributed by atoms with E-state index in [1.807, 2.05) is 13.1 Å². The molecule has 0 spiro atoms. The topological polar surface area (TPSA) is 15.3 Å². The van der Waals surface area contributed by atoms with Gasteiger partial charge in [-0.25, -0.2) is 4.39 Å². The predicted octanol–water partition coefficient (Wildman–Crippen LogP) is 1.91. The maximum absolute atomic E-state index is 12.9. The third-order valence-corrected chi connectivity index (χ3v) is 2.64. The van der Waals surface area contributed by atoms with E-state index in [1.165, 1.54) is 6.07 Å². The molecule has 1 rings (SSSR count). The Morgan fingerprint density at radius 2 is 2.12 bits per heavy atom. The van der Waals surface area contributed by atoms with Crippen LogP contribution < -0.4 is 5.32 Å². The van der Waals surface area contributed by atoms with E-state index >= 15 is 0 Å². The second kappa shape index (κ2) is 7.36. The molecule has 1 aromatic rings. The molecule has 0 saturated carbocycles. The van der Waals surface area contributed by atoms with Crippen molar-refractivity contribution in [3.63, 3.8) is 0 Å². The van der Waals surface area contributed by atoms with Crippen LogP contribution in [0, 0.1) is 5.82 Å². The first kappa shape index (κ1) is 13.1. The number of hydrogen-bond donors (Lipinski definition) is 1. The molecule has 0 heterocycles. The van der Waals surface area contributed by atoms with Gasteiger partial charge in [0.25, 0.3) is 0 Å². The Kier molecular flexibility index (Phi) is 6.04. The van der Waals surface area contributed by atoms with E-state index < -0.39 is 0 Å². The van der Waals surface area contributed by atoms with Gasteiger partial charge in [-0.3, -0.25) is 0 Å². The Hall–Kier alpha value is -0.930. The van der Waals surface area contributed by atoms with Gasteiger partial charge in [-0.2, -0.15) is 0 Å². The highest BCUT2D eigenvalue weighted by Crippen LogP contribution is 2.04. The Balaban J connectivity index is 2.23. The molecule has 0 aliphatic heterocycles. The van der Waals surface area contributed by atoms with E-state index in [2.05, 4.69) is 17.3 Å². The zero-order chi connectivity index (χ0) is 11.8. The lowest BCUT2D eigenvalue weighted by Gasteiger charge is -2.16. The summed E-state index contributed by atoms with van der Waals surface area (Å²) >= 11 is 0. The zero-order valence-electron chi connectivity index (χ0n) is 10.2. The zero-order valence-corrected chi connectivity index (χ0v) is 10.2. The summed E-state index contributed by atoms with van der Waals surface area (Å²) in [6.07, 6.45) is 2.06. The fourth-order valence-electron chi connectivity index (χ4n) is 1.65. The molecule has 1 aromatic carbocycles. The lowest BCUT2D eigenvalue weighted by Crippen LogP contribution is -2.24. The van der Waals surface area contributed by atoms with Crippen LogP contribution in [0.15, 0.2) is 24.3 Å². The van der Waals surface area contributed by atoms with E-state index in [4.69, 9.17) is 0 Å². The highest BCUT2D eigenvalue weighted by atomic mass is 19.1. The molecule has 2 nitrogen and oxygen atoms in total. The quantitative estimate of drug-likeness (QED) is 0.712. The third kappa shape index (κ3) is 5.24. The average Bonchev–Trinajstić information content (AvgIpc) is 2.27. The van der Waals surface area contributed by atoms with Crippen molar-refractivity contribution in [2.24, 2.45) is 0 Å². The van der Waals surface area contributed by atoms with Gasteiger partial charge < -0.3 is 10.2 Å². The molecule has 0 aliphatic carbocycles. The van der Waals surface area contributed by atoms with Crippen LogP contribution in [0.2, 0.25) is 0 Å². The second-order valence-electron chi connectivity index (χ2n) is 4.14. The first-order chi connectivity index (χ1) is 7.72. The van der Waals surface area contributed by atoms with Crippen molar-refractivity contribution < 1.29 is 4.39 Å². The molecule has 0 radical (unpaired) electrons. The number of hydrogen-bond acceptors (Lipinski definition) is 2. The van der Waals surface area contributed by atoms with Crippen molar-refractivity contribution in [3.05, 3.63) is 35.6 Å².